The second-order valence-electron chi connectivity index (χ2n) is 6.07. The molecule has 0 aliphatic carbocycles. The van der Waals surface area contributed by atoms with E-state index in [1.807, 2.05) is 0 Å². The Morgan fingerprint density at radius 1 is 0.742 bits per heavy atom. The Balaban J connectivity index is 1.91. The number of hydrogen-bond acceptors (Lipinski definition) is 4. The standard InChI is InChI=1S/C20H11F6NO4/c21-19(22,23)30-14-5-1-11(2-6-14)13-9-16(18(28)29)17(27-10-13)12-3-7-15(8-4-12)31-20(24,25)26/h1-10H,(H,28,29). The number of aromatic carboxylic acids is 1. The van der Waals surface area contributed by atoms with Crippen LogP contribution in [0.15, 0.2) is 60.8 Å². The smallest absolute Gasteiger partial charge is 0.478 e. The maximum Gasteiger partial charge on any atom is 0.573 e. The first-order valence-corrected chi connectivity index (χ1v) is 8.37. The number of benzene rings is 2. The van der Waals surface area contributed by atoms with Gasteiger partial charge in [-0.2, -0.15) is 0 Å². The molecule has 1 aromatic heterocycles. The molecule has 0 spiro atoms. The van der Waals surface area contributed by atoms with Crippen molar-refractivity contribution in [2.24, 2.45) is 0 Å². The SMILES string of the molecule is O=C(O)c1cc(-c2ccc(OC(F)(F)F)cc2)cnc1-c1ccc(OC(F)(F)F)cc1. The van der Waals surface area contributed by atoms with E-state index in [0.717, 1.165) is 24.3 Å². The second kappa shape index (κ2) is 8.17. The first-order valence-electron chi connectivity index (χ1n) is 8.37. The monoisotopic (exact) mass is 443 g/mol. The molecule has 0 saturated heterocycles. The number of alkyl halides is 6. The maximum atomic E-state index is 12.3. The number of ether oxygens (including phenoxy) is 2. The Morgan fingerprint density at radius 3 is 1.61 bits per heavy atom. The van der Waals surface area contributed by atoms with Crippen molar-refractivity contribution in [3.8, 4) is 33.9 Å². The number of carbonyl (C=O) groups is 1. The molecular formula is C20H11F6NO4. The quantitative estimate of drug-likeness (QED) is 0.497. The predicted molar refractivity (Wildman–Crippen MR) is 95.4 cm³/mol. The average molecular weight is 443 g/mol. The fourth-order valence-corrected chi connectivity index (χ4v) is 2.68. The number of rotatable bonds is 5. The zero-order chi connectivity index (χ0) is 22.8. The lowest BCUT2D eigenvalue weighted by molar-refractivity contribution is -0.275. The zero-order valence-electron chi connectivity index (χ0n) is 15.2. The molecule has 0 fully saturated rings. The molecule has 0 aliphatic heterocycles. The Morgan fingerprint density at radius 2 is 1.19 bits per heavy atom. The Bertz CT molecular complexity index is 1080. The van der Waals surface area contributed by atoms with E-state index < -0.39 is 30.2 Å². The molecular weight excluding hydrogens is 432 g/mol. The van der Waals surface area contributed by atoms with Crippen molar-refractivity contribution in [3.05, 3.63) is 66.4 Å². The molecule has 162 valence electrons. The molecule has 31 heavy (non-hydrogen) atoms. The van der Waals surface area contributed by atoms with Gasteiger partial charge in [-0.1, -0.05) is 12.1 Å². The third kappa shape index (κ3) is 5.87. The van der Waals surface area contributed by atoms with Crippen molar-refractivity contribution >= 4 is 5.97 Å². The highest BCUT2D eigenvalue weighted by Crippen LogP contribution is 2.31. The summed E-state index contributed by atoms with van der Waals surface area (Å²) in [7, 11) is 0. The van der Waals surface area contributed by atoms with Gasteiger partial charge in [0, 0.05) is 17.3 Å². The summed E-state index contributed by atoms with van der Waals surface area (Å²) in [4.78, 5) is 15.8. The number of hydrogen-bond donors (Lipinski definition) is 1. The number of halogens is 6. The first-order chi connectivity index (χ1) is 14.4. The van der Waals surface area contributed by atoms with E-state index >= 15 is 0 Å². The van der Waals surface area contributed by atoms with Crippen LogP contribution in [0.4, 0.5) is 26.3 Å². The van der Waals surface area contributed by atoms with E-state index in [9.17, 15) is 36.2 Å². The molecule has 0 bridgehead atoms. The number of carboxylic acid groups (broad SMARTS) is 1. The highest BCUT2D eigenvalue weighted by atomic mass is 19.4. The van der Waals surface area contributed by atoms with E-state index in [2.05, 4.69) is 14.5 Å². The molecule has 2 aromatic carbocycles. The summed E-state index contributed by atoms with van der Waals surface area (Å²) in [6.45, 7) is 0. The van der Waals surface area contributed by atoms with Crippen LogP contribution in [0.5, 0.6) is 11.5 Å². The largest absolute Gasteiger partial charge is 0.573 e. The summed E-state index contributed by atoms with van der Waals surface area (Å²) < 4.78 is 81.1. The molecule has 5 nitrogen and oxygen atoms in total. The molecule has 0 atom stereocenters. The van der Waals surface area contributed by atoms with Gasteiger partial charge in [-0.3, -0.25) is 4.98 Å². The minimum atomic E-state index is -4.87. The van der Waals surface area contributed by atoms with E-state index in [-0.39, 0.29) is 16.8 Å². The molecule has 0 aliphatic rings. The van der Waals surface area contributed by atoms with Crippen LogP contribution in [0.1, 0.15) is 10.4 Å². The Hall–Kier alpha value is -3.76. The molecule has 1 heterocycles. The van der Waals surface area contributed by atoms with Gasteiger partial charge in [-0.15, -0.1) is 26.3 Å². The number of aromatic nitrogens is 1. The third-order valence-corrected chi connectivity index (χ3v) is 3.90. The highest BCUT2D eigenvalue weighted by Gasteiger charge is 2.31. The molecule has 3 aromatic rings. The minimum absolute atomic E-state index is 0.00756. The summed E-state index contributed by atoms with van der Waals surface area (Å²) >= 11 is 0. The van der Waals surface area contributed by atoms with Gasteiger partial charge in [0.15, 0.2) is 0 Å². The Labute approximate surface area is 170 Å². The molecule has 0 saturated carbocycles. The fraction of sp³-hybridized carbons (Fsp3) is 0.100. The van der Waals surface area contributed by atoms with Crippen LogP contribution in [-0.2, 0) is 0 Å². The molecule has 0 amide bonds. The topological polar surface area (TPSA) is 68.7 Å². The van der Waals surface area contributed by atoms with Crippen LogP contribution >= 0.6 is 0 Å². The van der Waals surface area contributed by atoms with Gasteiger partial charge in [0.25, 0.3) is 0 Å². The van der Waals surface area contributed by atoms with Gasteiger partial charge < -0.3 is 14.6 Å². The lowest BCUT2D eigenvalue weighted by Gasteiger charge is -2.12. The van der Waals surface area contributed by atoms with Crippen LogP contribution in [-0.4, -0.2) is 28.8 Å². The average Bonchev–Trinajstić information content (AvgIpc) is 2.66. The Kier molecular flexibility index (Phi) is 5.78. The van der Waals surface area contributed by atoms with Gasteiger partial charge >= 0.3 is 18.7 Å². The van der Waals surface area contributed by atoms with E-state index in [0.29, 0.717) is 11.1 Å². The predicted octanol–water partition coefficient (Wildman–Crippen LogP) is 5.91. The fourth-order valence-electron chi connectivity index (χ4n) is 2.68. The first kappa shape index (κ1) is 21.9. The van der Waals surface area contributed by atoms with Gasteiger partial charge in [0.1, 0.15) is 11.5 Å². The normalized spacial score (nSPS) is 11.8. The van der Waals surface area contributed by atoms with Crippen molar-refractivity contribution in [2.45, 2.75) is 12.7 Å². The summed E-state index contributed by atoms with van der Waals surface area (Å²) in [6, 6.07) is 10.5. The lowest BCUT2D eigenvalue weighted by Crippen LogP contribution is -2.17. The van der Waals surface area contributed by atoms with Gasteiger partial charge in [-0.25, -0.2) is 4.79 Å². The number of carboxylic acids is 1. The summed E-state index contributed by atoms with van der Waals surface area (Å²) in [5, 5.41) is 9.52. The summed E-state index contributed by atoms with van der Waals surface area (Å²) in [5.41, 5.74) is 0.651. The van der Waals surface area contributed by atoms with Crippen molar-refractivity contribution in [1.29, 1.82) is 0 Å². The van der Waals surface area contributed by atoms with Crippen LogP contribution in [0.25, 0.3) is 22.4 Å². The summed E-state index contributed by atoms with van der Waals surface area (Å²) in [5.74, 6) is -2.27. The lowest BCUT2D eigenvalue weighted by atomic mass is 10.0. The van der Waals surface area contributed by atoms with Gasteiger partial charge in [0.05, 0.1) is 11.3 Å². The van der Waals surface area contributed by atoms with Crippen molar-refractivity contribution in [2.75, 3.05) is 0 Å². The second-order valence-corrected chi connectivity index (χ2v) is 6.07. The maximum absolute atomic E-state index is 12.3. The van der Waals surface area contributed by atoms with Gasteiger partial charge in [-0.05, 0) is 48.0 Å². The number of pyridine rings is 1. The van der Waals surface area contributed by atoms with Crippen LogP contribution in [0.2, 0.25) is 0 Å². The van der Waals surface area contributed by atoms with Crippen LogP contribution in [0.3, 0.4) is 0 Å². The van der Waals surface area contributed by atoms with Crippen LogP contribution in [0, 0.1) is 0 Å². The molecule has 0 radical (unpaired) electrons. The highest BCUT2D eigenvalue weighted by molar-refractivity contribution is 5.96. The molecule has 11 heteroatoms. The van der Waals surface area contributed by atoms with Crippen LogP contribution < -0.4 is 9.47 Å². The molecule has 0 unspecified atom stereocenters. The van der Waals surface area contributed by atoms with Crippen molar-refractivity contribution in [3.63, 3.8) is 0 Å². The molecule has 1 N–H and O–H groups in total. The van der Waals surface area contributed by atoms with Crippen molar-refractivity contribution < 1.29 is 45.7 Å². The minimum Gasteiger partial charge on any atom is -0.478 e. The van der Waals surface area contributed by atoms with Gasteiger partial charge in [0.2, 0.25) is 0 Å². The third-order valence-electron chi connectivity index (χ3n) is 3.90. The van der Waals surface area contributed by atoms with Crippen molar-refractivity contribution in [1.82, 2.24) is 4.98 Å². The van der Waals surface area contributed by atoms with E-state index in [1.165, 1.54) is 36.5 Å². The number of nitrogens with zero attached hydrogens (tertiary/aromatic N) is 1. The summed E-state index contributed by atoms with van der Waals surface area (Å²) in [6.07, 6.45) is -8.42. The van der Waals surface area contributed by atoms with E-state index in [4.69, 9.17) is 0 Å². The zero-order valence-corrected chi connectivity index (χ0v) is 15.2. The van der Waals surface area contributed by atoms with E-state index in [1.54, 1.807) is 0 Å². The molecule has 3 rings (SSSR count).